The van der Waals surface area contributed by atoms with Crippen molar-refractivity contribution in [1.29, 1.82) is 5.26 Å². The number of nitriles is 1. The third-order valence-electron chi connectivity index (χ3n) is 3.80. The van der Waals surface area contributed by atoms with Crippen LogP contribution in [0.1, 0.15) is 37.0 Å². The van der Waals surface area contributed by atoms with E-state index in [1.54, 1.807) is 17.9 Å². The highest BCUT2D eigenvalue weighted by Gasteiger charge is 2.22. The number of nitrogens with zero attached hydrogens (tertiary/aromatic N) is 4. The van der Waals surface area contributed by atoms with Crippen LogP contribution in [-0.4, -0.2) is 34.3 Å². The molecular formula is C16H21N5O2. The number of aryl methyl sites for hydroxylation is 1. The van der Waals surface area contributed by atoms with Crippen LogP contribution in [0.25, 0.3) is 11.0 Å². The van der Waals surface area contributed by atoms with Gasteiger partial charge < -0.3 is 10.1 Å². The quantitative estimate of drug-likeness (QED) is 0.880. The highest BCUT2D eigenvalue weighted by atomic mass is 16.5. The van der Waals surface area contributed by atoms with Crippen molar-refractivity contribution in [3.63, 3.8) is 0 Å². The van der Waals surface area contributed by atoms with Crippen LogP contribution in [0.2, 0.25) is 0 Å². The number of aromatic nitrogens is 3. The number of pyridine rings is 1. The molecule has 23 heavy (non-hydrogen) atoms. The molecular weight excluding hydrogens is 294 g/mol. The fourth-order valence-corrected chi connectivity index (χ4v) is 2.35. The van der Waals surface area contributed by atoms with Crippen molar-refractivity contribution >= 4 is 16.9 Å². The normalized spacial score (nSPS) is 11.3. The second kappa shape index (κ2) is 6.65. The molecule has 0 aliphatic heterocycles. The molecule has 0 atom stereocenters. The van der Waals surface area contributed by atoms with Crippen molar-refractivity contribution < 1.29 is 9.53 Å². The summed E-state index contributed by atoms with van der Waals surface area (Å²) in [6.07, 6.45) is 4.32. The van der Waals surface area contributed by atoms with E-state index in [0.717, 1.165) is 6.42 Å². The Balaban J connectivity index is 2.20. The molecule has 0 fully saturated rings. The van der Waals surface area contributed by atoms with Gasteiger partial charge in [-0.3, -0.25) is 9.48 Å². The predicted octanol–water partition coefficient (Wildman–Crippen LogP) is 2.04. The van der Waals surface area contributed by atoms with E-state index in [1.165, 1.54) is 13.3 Å². The van der Waals surface area contributed by atoms with Gasteiger partial charge in [-0.15, -0.1) is 0 Å². The highest BCUT2D eigenvalue weighted by Crippen LogP contribution is 2.28. The molecule has 7 nitrogen and oxygen atoms in total. The molecule has 2 aromatic heterocycles. The predicted molar refractivity (Wildman–Crippen MR) is 86.0 cm³/mol. The summed E-state index contributed by atoms with van der Waals surface area (Å²) >= 11 is 0. The van der Waals surface area contributed by atoms with Gasteiger partial charge in [0.05, 0.1) is 24.8 Å². The van der Waals surface area contributed by atoms with Gasteiger partial charge in [-0.05, 0) is 11.8 Å². The number of hydrogen-bond donors (Lipinski definition) is 1. The molecule has 122 valence electrons. The van der Waals surface area contributed by atoms with Gasteiger partial charge in [0, 0.05) is 26.2 Å². The Hall–Kier alpha value is -2.62. The molecule has 2 rings (SSSR count). The van der Waals surface area contributed by atoms with Gasteiger partial charge in [0.15, 0.2) is 5.65 Å². The molecule has 0 aliphatic rings. The number of hydrogen-bond acceptors (Lipinski definition) is 5. The van der Waals surface area contributed by atoms with Crippen LogP contribution in [0.3, 0.4) is 0 Å². The average molecular weight is 315 g/mol. The molecule has 0 bridgehead atoms. The second-order valence-electron chi connectivity index (χ2n) is 6.22. The number of methoxy groups -OCH3 is 1. The van der Waals surface area contributed by atoms with Crippen molar-refractivity contribution in [2.75, 3.05) is 13.7 Å². The largest absolute Gasteiger partial charge is 0.495 e. The zero-order chi connectivity index (χ0) is 17.0. The number of rotatable bonds is 6. The number of fused-ring (bicyclic) bond motifs is 1. The van der Waals surface area contributed by atoms with Crippen LogP contribution in [0.15, 0.2) is 12.4 Å². The molecule has 1 N–H and O–H groups in total. The van der Waals surface area contributed by atoms with Crippen LogP contribution >= 0.6 is 0 Å². The van der Waals surface area contributed by atoms with Crippen LogP contribution in [0.5, 0.6) is 5.75 Å². The van der Waals surface area contributed by atoms with Crippen molar-refractivity contribution in [3.05, 3.63) is 18.0 Å². The van der Waals surface area contributed by atoms with E-state index >= 15 is 0 Å². The van der Waals surface area contributed by atoms with E-state index in [-0.39, 0.29) is 11.3 Å². The Morgan fingerprint density at radius 1 is 1.48 bits per heavy atom. The Morgan fingerprint density at radius 3 is 2.87 bits per heavy atom. The van der Waals surface area contributed by atoms with Gasteiger partial charge in [-0.1, -0.05) is 13.8 Å². The fraction of sp³-hybridized carbons (Fsp3) is 0.500. The van der Waals surface area contributed by atoms with Gasteiger partial charge in [-0.25, -0.2) is 4.98 Å². The molecule has 2 aromatic rings. The molecule has 7 heteroatoms. The average Bonchev–Trinajstić information content (AvgIpc) is 2.91. The third kappa shape index (κ3) is 3.59. The molecule has 0 saturated carbocycles. The number of carbonyl (C=O) groups is 1. The Labute approximate surface area is 135 Å². The number of carbonyl (C=O) groups excluding carboxylic acids is 1. The van der Waals surface area contributed by atoms with Crippen molar-refractivity contribution in [2.45, 2.75) is 26.7 Å². The maximum atomic E-state index is 12.5. The Morgan fingerprint density at radius 2 is 2.22 bits per heavy atom. The zero-order valence-electron chi connectivity index (χ0n) is 13.9. The van der Waals surface area contributed by atoms with Crippen LogP contribution < -0.4 is 10.1 Å². The van der Waals surface area contributed by atoms with E-state index in [2.05, 4.69) is 21.5 Å². The Bertz CT molecular complexity index is 758. The van der Waals surface area contributed by atoms with Crippen LogP contribution in [0.4, 0.5) is 0 Å². The maximum absolute atomic E-state index is 12.5. The van der Waals surface area contributed by atoms with E-state index in [1.807, 2.05) is 13.8 Å². The summed E-state index contributed by atoms with van der Waals surface area (Å²) in [4.78, 5) is 16.8. The number of amides is 1. The lowest BCUT2D eigenvalue weighted by Gasteiger charge is -2.23. The molecule has 0 radical (unpaired) electrons. The Kier molecular flexibility index (Phi) is 4.84. The van der Waals surface area contributed by atoms with Gasteiger partial charge in [0.2, 0.25) is 0 Å². The van der Waals surface area contributed by atoms with E-state index < -0.39 is 0 Å². The van der Waals surface area contributed by atoms with Crippen molar-refractivity contribution in [2.24, 2.45) is 12.5 Å². The first-order valence-electron chi connectivity index (χ1n) is 7.39. The topological polar surface area (TPSA) is 92.8 Å². The first kappa shape index (κ1) is 16.7. The molecule has 0 aromatic carbocycles. The zero-order valence-corrected chi connectivity index (χ0v) is 13.9. The summed E-state index contributed by atoms with van der Waals surface area (Å²) in [6.45, 7) is 4.51. The lowest BCUT2D eigenvalue weighted by Crippen LogP contribution is -2.34. The lowest BCUT2D eigenvalue weighted by molar-refractivity contribution is 0.0932. The van der Waals surface area contributed by atoms with Gasteiger partial charge >= 0.3 is 0 Å². The standard InChI is InChI=1S/C16H21N5O2/c1-16(2,6-5-7-17)10-19-15(22)12-8-18-14-11(13(12)23-4)9-20-21(14)3/h8-9H,5-6,10H2,1-4H3,(H,19,22). The molecule has 0 aliphatic carbocycles. The molecule has 2 heterocycles. The van der Waals surface area contributed by atoms with Gasteiger partial charge in [-0.2, -0.15) is 10.4 Å². The molecule has 0 saturated heterocycles. The van der Waals surface area contributed by atoms with Gasteiger partial charge in [0.25, 0.3) is 5.91 Å². The summed E-state index contributed by atoms with van der Waals surface area (Å²) in [5.74, 6) is 0.223. The molecule has 0 spiro atoms. The van der Waals surface area contributed by atoms with Crippen molar-refractivity contribution in [1.82, 2.24) is 20.1 Å². The van der Waals surface area contributed by atoms with Gasteiger partial charge in [0.1, 0.15) is 11.3 Å². The summed E-state index contributed by atoms with van der Waals surface area (Å²) in [7, 11) is 3.31. The summed E-state index contributed by atoms with van der Waals surface area (Å²) in [5, 5.41) is 16.4. The number of nitrogens with one attached hydrogen (secondary N) is 1. The fourth-order valence-electron chi connectivity index (χ4n) is 2.35. The lowest BCUT2D eigenvalue weighted by atomic mass is 9.88. The van der Waals surface area contributed by atoms with E-state index in [0.29, 0.717) is 35.3 Å². The summed E-state index contributed by atoms with van der Waals surface area (Å²) < 4.78 is 7.02. The monoisotopic (exact) mass is 315 g/mol. The third-order valence-corrected chi connectivity index (χ3v) is 3.80. The molecule has 1 amide bonds. The maximum Gasteiger partial charge on any atom is 0.256 e. The van der Waals surface area contributed by atoms with E-state index in [9.17, 15) is 4.79 Å². The smallest absolute Gasteiger partial charge is 0.256 e. The van der Waals surface area contributed by atoms with Crippen LogP contribution in [-0.2, 0) is 7.05 Å². The van der Waals surface area contributed by atoms with E-state index in [4.69, 9.17) is 10.00 Å². The summed E-state index contributed by atoms with van der Waals surface area (Å²) in [6, 6.07) is 2.13. The summed E-state index contributed by atoms with van der Waals surface area (Å²) in [5.41, 5.74) is 0.890. The molecule has 0 unspecified atom stereocenters. The van der Waals surface area contributed by atoms with Crippen LogP contribution in [0, 0.1) is 16.7 Å². The minimum atomic E-state index is -0.245. The minimum Gasteiger partial charge on any atom is -0.495 e. The number of ether oxygens (including phenoxy) is 1. The van der Waals surface area contributed by atoms with Crippen molar-refractivity contribution in [3.8, 4) is 11.8 Å². The highest BCUT2D eigenvalue weighted by molar-refractivity contribution is 6.01. The first-order valence-corrected chi connectivity index (χ1v) is 7.39. The second-order valence-corrected chi connectivity index (χ2v) is 6.22. The minimum absolute atomic E-state index is 0.148. The SMILES string of the molecule is COc1c(C(=O)NCC(C)(C)CCC#N)cnc2c1cnn2C. The first-order chi connectivity index (χ1) is 10.9.